The molecule has 0 atom stereocenters. The van der Waals surface area contributed by atoms with Crippen LogP contribution in [0.15, 0.2) is 103 Å². The Labute approximate surface area is 181 Å². The standard InChI is InChI=1S/C30H20O/c31-28-17-9-16-24-29-25(20-10-3-1-4-11-20)18-22-14-7-8-15-23(22)27(29)19-26(30(24)28)21-12-5-2-6-13-21/h1-16,18-19H,17H2. The predicted octanol–water partition coefficient (Wildman–Crippen LogP) is 7.93. The molecule has 5 aromatic rings. The summed E-state index contributed by atoms with van der Waals surface area (Å²) in [6.07, 6.45) is 4.60. The fourth-order valence-electron chi connectivity index (χ4n) is 4.85. The minimum atomic E-state index is 0.186. The lowest BCUT2D eigenvalue weighted by atomic mass is 9.81. The van der Waals surface area contributed by atoms with Crippen molar-refractivity contribution in [3.8, 4) is 22.3 Å². The summed E-state index contributed by atoms with van der Waals surface area (Å²) in [6, 6.07) is 33.8. The third kappa shape index (κ3) is 2.82. The predicted molar refractivity (Wildman–Crippen MR) is 130 cm³/mol. The van der Waals surface area contributed by atoms with Crippen molar-refractivity contribution in [3.05, 3.63) is 114 Å². The maximum absolute atomic E-state index is 13.2. The van der Waals surface area contributed by atoms with Crippen LogP contribution in [0.4, 0.5) is 0 Å². The lowest BCUT2D eigenvalue weighted by Gasteiger charge is -2.21. The summed E-state index contributed by atoms with van der Waals surface area (Å²) in [5.41, 5.74) is 6.32. The Kier molecular flexibility index (Phi) is 4.07. The molecular weight excluding hydrogens is 376 g/mol. The molecular formula is C30H20O. The van der Waals surface area contributed by atoms with Crippen molar-refractivity contribution < 1.29 is 4.79 Å². The minimum absolute atomic E-state index is 0.186. The molecule has 0 aromatic heterocycles. The van der Waals surface area contributed by atoms with Crippen LogP contribution < -0.4 is 0 Å². The third-order valence-electron chi connectivity index (χ3n) is 6.22. The Bertz CT molecular complexity index is 1490. The van der Waals surface area contributed by atoms with Gasteiger partial charge < -0.3 is 0 Å². The topological polar surface area (TPSA) is 17.1 Å². The first kappa shape index (κ1) is 17.9. The average Bonchev–Trinajstić information content (AvgIpc) is 2.84. The lowest BCUT2D eigenvalue weighted by molar-refractivity contribution is 0.0995. The summed E-state index contributed by atoms with van der Waals surface area (Å²) in [5, 5.41) is 4.76. The summed E-state index contributed by atoms with van der Waals surface area (Å²) in [6.45, 7) is 0. The van der Waals surface area contributed by atoms with Gasteiger partial charge in [0.1, 0.15) is 0 Å². The fourth-order valence-corrected chi connectivity index (χ4v) is 4.85. The van der Waals surface area contributed by atoms with Crippen LogP contribution in [0.3, 0.4) is 0 Å². The third-order valence-corrected chi connectivity index (χ3v) is 6.22. The van der Waals surface area contributed by atoms with Crippen molar-refractivity contribution in [2.75, 3.05) is 0 Å². The highest BCUT2D eigenvalue weighted by molar-refractivity contribution is 6.22. The van der Waals surface area contributed by atoms with Gasteiger partial charge in [0.05, 0.1) is 0 Å². The van der Waals surface area contributed by atoms with Crippen molar-refractivity contribution in [2.24, 2.45) is 0 Å². The van der Waals surface area contributed by atoms with E-state index >= 15 is 0 Å². The molecule has 0 saturated carbocycles. The van der Waals surface area contributed by atoms with Gasteiger partial charge in [-0.1, -0.05) is 97.1 Å². The second-order valence-electron chi connectivity index (χ2n) is 8.04. The van der Waals surface area contributed by atoms with E-state index in [1.54, 1.807) is 0 Å². The number of hydrogen-bond donors (Lipinski definition) is 0. The van der Waals surface area contributed by atoms with Crippen LogP contribution in [0.5, 0.6) is 0 Å². The van der Waals surface area contributed by atoms with Crippen LogP contribution in [-0.4, -0.2) is 5.78 Å². The van der Waals surface area contributed by atoms with Crippen molar-refractivity contribution in [2.45, 2.75) is 6.42 Å². The van der Waals surface area contributed by atoms with E-state index < -0.39 is 0 Å². The molecule has 0 amide bonds. The molecule has 1 nitrogen and oxygen atoms in total. The molecule has 0 fully saturated rings. The molecule has 1 heteroatoms. The number of rotatable bonds is 2. The van der Waals surface area contributed by atoms with Gasteiger partial charge in [-0.25, -0.2) is 0 Å². The molecule has 0 bridgehead atoms. The quantitative estimate of drug-likeness (QED) is 0.277. The normalized spacial score (nSPS) is 13.0. The van der Waals surface area contributed by atoms with E-state index in [9.17, 15) is 4.79 Å². The highest BCUT2D eigenvalue weighted by atomic mass is 16.1. The first-order valence-corrected chi connectivity index (χ1v) is 10.6. The van der Waals surface area contributed by atoms with Gasteiger partial charge in [0.2, 0.25) is 0 Å². The van der Waals surface area contributed by atoms with E-state index in [0.717, 1.165) is 27.6 Å². The SMILES string of the molecule is O=C1CC=Cc2c1c(-c1ccccc1)cc1c2c(-c2ccccc2)cc2ccccc21. The monoisotopic (exact) mass is 396 g/mol. The van der Waals surface area contributed by atoms with Gasteiger partial charge in [-0.05, 0) is 61.5 Å². The Hall–Kier alpha value is -3.97. The first-order valence-electron chi connectivity index (χ1n) is 10.6. The minimum Gasteiger partial charge on any atom is -0.294 e. The maximum Gasteiger partial charge on any atom is 0.167 e. The van der Waals surface area contributed by atoms with Crippen LogP contribution in [0.2, 0.25) is 0 Å². The van der Waals surface area contributed by atoms with Gasteiger partial charge in [-0.15, -0.1) is 0 Å². The summed E-state index contributed by atoms with van der Waals surface area (Å²) in [5.74, 6) is 0.186. The van der Waals surface area contributed by atoms with Gasteiger partial charge in [0.15, 0.2) is 5.78 Å². The number of carbonyl (C=O) groups excluding carboxylic acids is 1. The van der Waals surface area contributed by atoms with Crippen LogP contribution in [0.1, 0.15) is 22.3 Å². The molecule has 1 aliphatic rings. The number of allylic oxidation sites excluding steroid dienone is 1. The van der Waals surface area contributed by atoms with Gasteiger partial charge in [0, 0.05) is 12.0 Å². The lowest BCUT2D eigenvalue weighted by Crippen LogP contribution is -2.08. The summed E-state index contributed by atoms with van der Waals surface area (Å²) >= 11 is 0. The molecule has 1 aliphatic carbocycles. The van der Waals surface area contributed by atoms with Crippen LogP contribution >= 0.6 is 0 Å². The zero-order valence-electron chi connectivity index (χ0n) is 17.0. The van der Waals surface area contributed by atoms with Crippen molar-refractivity contribution in [1.29, 1.82) is 0 Å². The summed E-state index contributed by atoms with van der Waals surface area (Å²) in [4.78, 5) is 13.2. The van der Waals surface area contributed by atoms with Gasteiger partial charge in [-0.2, -0.15) is 0 Å². The van der Waals surface area contributed by atoms with Crippen LogP contribution in [0.25, 0.3) is 49.9 Å². The molecule has 0 heterocycles. The van der Waals surface area contributed by atoms with Crippen molar-refractivity contribution in [3.63, 3.8) is 0 Å². The van der Waals surface area contributed by atoms with E-state index in [2.05, 4.69) is 78.9 Å². The van der Waals surface area contributed by atoms with Crippen molar-refractivity contribution in [1.82, 2.24) is 0 Å². The zero-order chi connectivity index (χ0) is 20.8. The van der Waals surface area contributed by atoms with Crippen molar-refractivity contribution >= 4 is 33.4 Å². The Morgan fingerprint density at radius 3 is 2.00 bits per heavy atom. The Morgan fingerprint density at radius 2 is 1.26 bits per heavy atom. The molecule has 0 N–H and O–H groups in total. The molecule has 0 spiro atoms. The van der Waals surface area contributed by atoms with E-state index in [4.69, 9.17) is 0 Å². The summed E-state index contributed by atoms with van der Waals surface area (Å²) in [7, 11) is 0. The number of ketones is 1. The number of hydrogen-bond acceptors (Lipinski definition) is 1. The summed E-state index contributed by atoms with van der Waals surface area (Å²) < 4.78 is 0. The van der Waals surface area contributed by atoms with Gasteiger partial charge in [0.25, 0.3) is 0 Å². The largest absolute Gasteiger partial charge is 0.294 e. The molecule has 146 valence electrons. The van der Waals surface area contributed by atoms with E-state index in [1.807, 2.05) is 30.3 Å². The highest BCUT2D eigenvalue weighted by Gasteiger charge is 2.24. The number of Topliss-reactive ketones (excluding diaryl/α,β-unsaturated/α-hetero) is 1. The second kappa shape index (κ2) is 7.07. The average molecular weight is 396 g/mol. The molecule has 0 aliphatic heterocycles. The first-order chi connectivity index (χ1) is 15.3. The number of benzene rings is 5. The second-order valence-corrected chi connectivity index (χ2v) is 8.04. The van der Waals surface area contributed by atoms with Gasteiger partial charge in [-0.3, -0.25) is 4.79 Å². The van der Waals surface area contributed by atoms with E-state index in [-0.39, 0.29) is 5.78 Å². The molecule has 0 saturated heterocycles. The molecule has 6 rings (SSSR count). The molecule has 31 heavy (non-hydrogen) atoms. The molecule has 5 aromatic carbocycles. The molecule has 0 radical (unpaired) electrons. The number of fused-ring (bicyclic) bond motifs is 5. The van der Waals surface area contributed by atoms with E-state index in [0.29, 0.717) is 6.42 Å². The molecule has 0 unspecified atom stereocenters. The maximum atomic E-state index is 13.2. The number of carbonyl (C=O) groups is 1. The zero-order valence-corrected chi connectivity index (χ0v) is 17.0. The Balaban J connectivity index is 1.85. The van der Waals surface area contributed by atoms with E-state index in [1.165, 1.54) is 27.3 Å². The smallest absolute Gasteiger partial charge is 0.167 e. The highest BCUT2D eigenvalue weighted by Crippen LogP contribution is 2.43. The van der Waals surface area contributed by atoms with Gasteiger partial charge >= 0.3 is 0 Å². The van der Waals surface area contributed by atoms with Crippen LogP contribution in [-0.2, 0) is 0 Å². The Morgan fingerprint density at radius 1 is 0.613 bits per heavy atom. The fraction of sp³-hybridized carbons (Fsp3) is 0.0333. The van der Waals surface area contributed by atoms with Crippen LogP contribution in [0, 0.1) is 0 Å².